The maximum Gasteiger partial charge on any atom is 0.340 e. The minimum Gasteiger partial charge on any atom is -0.493 e. The summed E-state index contributed by atoms with van der Waals surface area (Å²) in [5.74, 6) is 0.203. The summed E-state index contributed by atoms with van der Waals surface area (Å²) < 4.78 is 59.3. The summed E-state index contributed by atoms with van der Waals surface area (Å²) in [6.45, 7) is 2.22. The van der Waals surface area contributed by atoms with Crippen LogP contribution >= 0.6 is 11.6 Å². The lowest BCUT2D eigenvalue weighted by atomic mass is 10.2. The first kappa shape index (κ1) is 24.6. The summed E-state index contributed by atoms with van der Waals surface area (Å²) in [7, 11) is -7.86. The second-order valence-electron chi connectivity index (χ2n) is 6.44. The zero-order valence-electron chi connectivity index (χ0n) is 16.7. The van der Waals surface area contributed by atoms with Crippen molar-refractivity contribution in [2.24, 2.45) is 16.6 Å². The number of hydrogen-bond acceptors (Lipinski definition) is 8. The second kappa shape index (κ2) is 10.1. The van der Waals surface area contributed by atoms with Crippen molar-refractivity contribution in [2.45, 2.75) is 23.1 Å². The van der Waals surface area contributed by atoms with Crippen molar-refractivity contribution in [1.29, 1.82) is 0 Å². The number of guanidine groups is 1. The molecule has 0 saturated carbocycles. The SMILES string of the molecule is Cc1cc(OCCCON=C(N)N)cc(OS(=O)(=O)c2ccc(S(C)(=O)=O)cc2Cl)c1. The van der Waals surface area contributed by atoms with Crippen LogP contribution in [-0.4, -0.2) is 42.3 Å². The molecule has 2 aromatic carbocycles. The van der Waals surface area contributed by atoms with E-state index < -0.39 is 20.0 Å². The van der Waals surface area contributed by atoms with Gasteiger partial charge in [-0.15, -0.1) is 0 Å². The Morgan fingerprint density at radius 1 is 1.03 bits per heavy atom. The number of oxime groups is 1. The van der Waals surface area contributed by atoms with E-state index in [2.05, 4.69) is 5.16 Å². The van der Waals surface area contributed by atoms with Crippen LogP contribution in [0.3, 0.4) is 0 Å². The van der Waals surface area contributed by atoms with Gasteiger partial charge in [0.25, 0.3) is 0 Å². The number of halogens is 1. The Bertz CT molecular complexity index is 1180. The van der Waals surface area contributed by atoms with E-state index in [0.717, 1.165) is 24.5 Å². The molecule has 0 heterocycles. The van der Waals surface area contributed by atoms with E-state index in [1.54, 1.807) is 13.0 Å². The molecule has 0 aromatic heterocycles. The molecule has 4 N–H and O–H groups in total. The molecule has 0 fully saturated rings. The predicted molar refractivity (Wildman–Crippen MR) is 115 cm³/mol. The highest BCUT2D eigenvalue weighted by atomic mass is 35.5. The van der Waals surface area contributed by atoms with Gasteiger partial charge in [0.1, 0.15) is 23.0 Å². The van der Waals surface area contributed by atoms with E-state index in [0.29, 0.717) is 17.7 Å². The van der Waals surface area contributed by atoms with Gasteiger partial charge >= 0.3 is 10.1 Å². The van der Waals surface area contributed by atoms with Crippen molar-refractivity contribution < 1.29 is 30.6 Å². The lowest BCUT2D eigenvalue weighted by molar-refractivity contribution is 0.127. The molecule has 0 aliphatic carbocycles. The van der Waals surface area contributed by atoms with Gasteiger partial charge in [0.15, 0.2) is 9.84 Å². The highest BCUT2D eigenvalue weighted by Crippen LogP contribution is 2.30. The van der Waals surface area contributed by atoms with Gasteiger partial charge in [-0.25, -0.2) is 8.42 Å². The van der Waals surface area contributed by atoms with Gasteiger partial charge in [-0.3, -0.25) is 0 Å². The molecule has 0 aliphatic rings. The number of nitrogens with two attached hydrogens (primary N) is 2. The molecule has 0 saturated heterocycles. The van der Waals surface area contributed by atoms with Gasteiger partial charge in [0.2, 0.25) is 5.96 Å². The van der Waals surface area contributed by atoms with Crippen LogP contribution in [0.1, 0.15) is 12.0 Å². The molecule has 0 amide bonds. The molecular formula is C18H22ClN3O7S2. The molecule has 0 radical (unpaired) electrons. The summed E-state index contributed by atoms with van der Waals surface area (Å²) in [4.78, 5) is 4.38. The van der Waals surface area contributed by atoms with Crippen molar-refractivity contribution in [1.82, 2.24) is 0 Å². The summed E-state index contributed by atoms with van der Waals surface area (Å²) in [6, 6.07) is 7.89. The first-order valence-corrected chi connectivity index (χ1v) is 12.5. The first-order valence-electron chi connectivity index (χ1n) is 8.78. The number of hydrogen-bond donors (Lipinski definition) is 2. The van der Waals surface area contributed by atoms with Crippen LogP contribution in [0.5, 0.6) is 11.5 Å². The molecule has 10 nitrogen and oxygen atoms in total. The van der Waals surface area contributed by atoms with E-state index in [-0.39, 0.29) is 39.7 Å². The van der Waals surface area contributed by atoms with Gasteiger partial charge in [-0.2, -0.15) is 8.42 Å². The van der Waals surface area contributed by atoms with Gasteiger partial charge in [0, 0.05) is 18.7 Å². The number of aryl methyl sites for hydroxylation is 1. The number of ether oxygens (including phenoxy) is 1. The van der Waals surface area contributed by atoms with E-state index in [1.807, 2.05) is 0 Å². The fourth-order valence-corrected chi connectivity index (χ4v) is 4.51. The van der Waals surface area contributed by atoms with Crippen molar-refractivity contribution in [3.63, 3.8) is 0 Å². The van der Waals surface area contributed by atoms with Gasteiger partial charge in [0.05, 0.1) is 16.5 Å². The van der Waals surface area contributed by atoms with Crippen molar-refractivity contribution >= 4 is 37.5 Å². The Morgan fingerprint density at radius 2 is 1.71 bits per heavy atom. The highest BCUT2D eigenvalue weighted by Gasteiger charge is 2.22. The predicted octanol–water partition coefficient (Wildman–Crippen LogP) is 1.79. The normalized spacial score (nSPS) is 11.6. The zero-order valence-corrected chi connectivity index (χ0v) is 19.1. The summed E-state index contributed by atoms with van der Waals surface area (Å²) in [5.41, 5.74) is 11.0. The molecule has 2 rings (SSSR count). The highest BCUT2D eigenvalue weighted by molar-refractivity contribution is 7.90. The van der Waals surface area contributed by atoms with Gasteiger partial charge < -0.3 is 25.2 Å². The molecular weight excluding hydrogens is 470 g/mol. The minimum atomic E-state index is -4.32. The van der Waals surface area contributed by atoms with E-state index in [1.165, 1.54) is 12.1 Å². The average Bonchev–Trinajstić information content (AvgIpc) is 2.62. The molecule has 13 heteroatoms. The second-order valence-corrected chi connectivity index (χ2v) is 10.4. The van der Waals surface area contributed by atoms with Crippen LogP contribution in [0, 0.1) is 6.92 Å². The third-order valence-corrected chi connectivity index (χ3v) is 6.49. The Morgan fingerprint density at radius 3 is 2.32 bits per heavy atom. The number of rotatable bonds is 10. The van der Waals surface area contributed by atoms with E-state index >= 15 is 0 Å². The first-order chi connectivity index (χ1) is 14.4. The Labute approximate surface area is 185 Å². The van der Waals surface area contributed by atoms with Crippen molar-refractivity contribution in [3.05, 3.63) is 47.0 Å². The van der Waals surface area contributed by atoms with Crippen LogP contribution in [0.25, 0.3) is 0 Å². The molecule has 170 valence electrons. The third-order valence-electron chi connectivity index (χ3n) is 3.65. The van der Waals surface area contributed by atoms with Crippen LogP contribution in [-0.2, 0) is 24.8 Å². The van der Waals surface area contributed by atoms with Crippen molar-refractivity contribution in [3.8, 4) is 11.5 Å². The molecule has 0 spiro atoms. The van der Waals surface area contributed by atoms with Gasteiger partial charge in [-0.1, -0.05) is 11.6 Å². The Hall–Kier alpha value is -2.70. The number of benzene rings is 2. The molecule has 0 bridgehead atoms. The fourth-order valence-electron chi connectivity index (χ4n) is 2.37. The molecule has 0 aliphatic heterocycles. The van der Waals surface area contributed by atoms with E-state index in [9.17, 15) is 16.8 Å². The Balaban J connectivity index is 2.12. The average molecular weight is 492 g/mol. The van der Waals surface area contributed by atoms with Crippen LogP contribution < -0.4 is 20.4 Å². The third kappa shape index (κ3) is 7.49. The van der Waals surface area contributed by atoms with Gasteiger partial charge in [-0.05, 0) is 48.0 Å². The minimum absolute atomic E-state index is 0.00927. The monoisotopic (exact) mass is 491 g/mol. The largest absolute Gasteiger partial charge is 0.493 e. The quantitative estimate of drug-likeness (QED) is 0.166. The summed E-state index contributed by atoms with van der Waals surface area (Å²) in [5, 5.41) is 3.11. The van der Waals surface area contributed by atoms with E-state index in [4.69, 9.17) is 36.8 Å². The van der Waals surface area contributed by atoms with Crippen LogP contribution in [0.15, 0.2) is 51.3 Å². The maximum absolute atomic E-state index is 12.6. The Kier molecular flexibility index (Phi) is 7.98. The topological polar surface area (TPSA) is 160 Å². The smallest absolute Gasteiger partial charge is 0.340 e. The number of nitrogens with zero attached hydrogens (tertiary/aromatic N) is 1. The molecule has 0 unspecified atom stereocenters. The molecule has 0 atom stereocenters. The summed E-state index contributed by atoms with van der Waals surface area (Å²) >= 11 is 5.99. The molecule has 31 heavy (non-hydrogen) atoms. The number of sulfone groups is 1. The molecule has 2 aromatic rings. The van der Waals surface area contributed by atoms with Crippen LogP contribution in [0.4, 0.5) is 0 Å². The standard InChI is InChI=1S/C18H22ClN3O7S2/c1-12-8-13(27-6-3-7-28-22-18(20)21)10-14(9-12)29-31(25,26)17-5-4-15(11-16(17)19)30(2,23)24/h4-5,8-11H,3,6-7H2,1-2H3,(H4,20,21,22). The lowest BCUT2D eigenvalue weighted by Crippen LogP contribution is -2.23. The summed E-state index contributed by atoms with van der Waals surface area (Å²) in [6.07, 6.45) is 1.46. The van der Waals surface area contributed by atoms with Crippen LogP contribution in [0.2, 0.25) is 5.02 Å². The fraction of sp³-hybridized carbons (Fsp3) is 0.278. The van der Waals surface area contributed by atoms with Crippen molar-refractivity contribution in [2.75, 3.05) is 19.5 Å². The maximum atomic E-state index is 12.6. The lowest BCUT2D eigenvalue weighted by Gasteiger charge is -2.12. The zero-order chi connectivity index (χ0) is 23.2.